The van der Waals surface area contributed by atoms with Gasteiger partial charge in [-0.1, -0.05) is 11.6 Å². The maximum atomic E-state index is 6.00. The van der Waals surface area contributed by atoms with E-state index in [0.29, 0.717) is 11.0 Å². The summed E-state index contributed by atoms with van der Waals surface area (Å²) in [7, 11) is 1.97. The molecule has 1 saturated heterocycles. The summed E-state index contributed by atoms with van der Waals surface area (Å²) in [5, 5.41) is 0.421. The number of halogens is 2. The molecule has 0 N–H and O–H groups in total. The van der Waals surface area contributed by atoms with Crippen LogP contribution < -0.4 is 4.90 Å². The summed E-state index contributed by atoms with van der Waals surface area (Å²) in [6.45, 7) is 1.66. The van der Waals surface area contributed by atoms with E-state index in [1.165, 1.54) is 6.33 Å². The Balaban J connectivity index is 2.12. The molecular weight excluding hydrogens is 261 g/mol. The molecule has 94 valence electrons. The second kappa shape index (κ2) is 5.85. The first kappa shape index (κ1) is 12.9. The second-order valence-electron chi connectivity index (χ2n) is 4.12. The van der Waals surface area contributed by atoms with Gasteiger partial charge in [0, 0.05) is 25.8 Å². The molecule has 4 nitrogen and oxygen atoms in total. The molecule has 0 radical (unpaired) electrons. The number of hydrogen-bond donors (Lipinski definition) is 0. The molecule has 0 spiro atoms. The topological polar surface area (TPSA) is 38.2 Å². The van der Waals surface area contributed by atoms with Crippen LogP contribution in [0.15, 0.2) is 6.33 Å². The van der Waals surface area contributed by atoms with E-state index in [0.717, 1.165) is 37.4 Å². The first-order chi connectivity index (χ1) is 8.22. The van der Waals surface area contributed by atoms with Gasteiger partial charge in [-0.2, -0.15) is 0 Å². The Bertz CT molecular complexity index is 383. The zero-order valence-corrected chi connectivity index (χ0v) is 11.2. The van der Waals surface area contributed by atoms with Gasteiger partial charge < -0.3 is 9.64 Å². The van der Waals surface area contributed by atoms with Crippen LogP contribution in [0.4, 0.5) is 5.82 Å². The molecule has 2 rings (SSSR count). The fraction of sp³-hybridized carbons (Fsp3) is 0.636. The quantitative estimate of drug-likeness (QED) is 0.625. The van der Waals surface area contributed by atoms with Gasteiger partial charge in [-0.3, -0.25) is 0 Å². The van der Waals surface area contributed by atoms with E-state index in [-0.39, 0.29) is 6.10 Å². The molecule has 1 aliphatic heterocycles. The van der Waals surface area contributed by atoms with Crippen molar-refractivity contribution in [2.75, 3.05) is 25.1 Å². The Hall–Kier alpha value is -0.580. The molecule has 0 aromatic carbocycles. The Morgan fingerprint density at radius 3 is 3.00 bits per heavy atom. The molecule has 0 amide bonds. The van der Waals surface area contributed by atoms with Crippen molar-refractivity contribution in [2.24, 2.45) is 0 Å². The highest BCUT2D eigenvalue weighted by molar-refractivity contribution is 6.31. The predicted molar refractivity (Wildman–Crippen MR) is 68.8 cm³/mol. The van der Waals surface area contributed by atoms with Gasteiger partial charge >= 0.3 is 0 Å². The summed E-state index contributed by atoms with van der Waals surface area (Å²) in [5.74, 6) is 1.10. The lowest BCUT2D eigenvalue weighted by Gasteiger charge is -2.23. The van der Waals surface area contributed by atoms with E-state index in [4.69, 9.17) is 27.9 Å². The summed E-state index contributed by atoms with van der Waals surface area (Å²) in [6.07, 6.45) is 3.96. The van der Waals surface area contributed by atoms with Crippen molar-refractivity contribution >= 4 is 29.0 Å². The lowest BCUT2D eigenvalue weighted by atomic mass is 10.2. The molecule has 1 aliphatic rings. The Morgan fingerprint density at radius 2 is 2.35 bits per heavy atom. The monoisotopic (exact) mass is 275 g/mol. The number of ether oxygens (including phenoxy) is 1. The van der Waals surface area contributed by atoms with Crippen molar-refractivity contribution in [3.05, 3.63) is 17.0 Å². The smallest absolute Gasteiger partial charge is 0.138 e. The first-order valence-electron chi connectivity index (χ1n) is 5.60. The molecule has 0 bridgehead atoms. The Labute approximate surface area is 111 Å². The van der Waals surface area contributed by atoms with E-state index < -0.39 is 0 Å². The third kappa shape index (κ3) is 3.00. The minimum atomic E-state index is 0.275. The van der Waals surface area contributed by atoms with Gasteiger partial charge in [-0.25, -0.2) is 9.97 Å². The summed E-state index contributed by atoms with van der Waals surface area (Å²) < 4.78 is 5.60. The molecule has 0 aliphatic carbocycles. The number of nitrogens with zero attached hydrogens (tertiary/aromatic N) is 3. The van der Waals surface area contributed by atoms with E-state index >= 15 is 0 Å². The average Bonchev–Trinajstić information content (AvgIpc) is 2.81. The minimum absolute atomic E-state index is 0.275. The number of rotatable bonds is 4. The summed E-state index contributed by atoms with van der Waals surface area (Å²) >= 11 is 11.9. The van der Waals surface area contributed by atoms with Crippen molar-refractivity contribution in [1.82, 2.24) is 9.97 Å². The lowest BCUT2D eigenvalue weighted by Crippen LogP contribution is -2.30. The summed E-state index contributed by atoms with van der Waals surface area (Å²) in [5.41, 5.74) is 0.774. The molecule has 1 atom stereocenters. The molecule has 1 fully saturated rings. The van der Waals surface area contributed by atoms with Crippen molar-refractivity contribution in [3.63, 3.8) is 0 Å². The van der Waals surface area contributed by atoms with Crippen molar-refractivity contribution in [3.8, 4) is 0 Å². The predicted octanol–water partition coefficient (Wildman–Crippen LogP) is 2.48. The van der Waals surface area contributed by atoms with Gasteiger partial charge in [0.05, 0.1) is 12.0 Å². The minimum Gasteiger partial charge on any atom is -0.376 e. The van der Waals surface area contributed by atoms with Crippen LogP contribution >= 0.6 is 23.2 Å². The molecule has 0 saturated carbocycles. The highest BCUT2D eigenvalue weighted by atomic mass is 35.5. The van der Waals surface area contributed by atoms with Crippen molar-refractivity contribution in [1.29, 1.82) is 0 Å². The number of aromatic nitrogens is 2. The molecular formula is C11H15Cl2N3O. The van der Waals surface area contributed by atoms with E-state index in [9.17, 15) is 0 Å². The maximum absolute atomic E-state index is 6.00. The summed E-state index contributed by atoms with van der Waals surface area (Å²) in [4.78, 5) is 10.2. The lowest BCUT2D eigenvalue weighted by molar-refractivity contribution is 0.116. The zero-order chi connectivity index (χ0) is 12.3. The molecule has 1 unspecified atom stereocenters. The van der Waals surface area contributed by atoms with Crippen LogP contribution in [0, 0.1) is 0 Å². The zero-order valence-electron chi connectivity index (χ0n) is 9.70. The maximum Gasteiger partial charge on any atom is 0.138 e. The fourth-order valence-corrected chi connectivity index (χ4v) is 2.52. The molecule has 1 aromatic heterocycles. The molecule has 6 heteroatoms. The van der Waals surface area contributed by atoms with E-state index in [1.807, 2.05) is 11.9 Å². The summed E-state index contributed by atoms with van der Waals surface area (Å²) in [6, 6.07) is 0. The van der Waals surface area contributed by atoms with Crippen LogP contribution in [-0.4, -0.2) is 36.3 Å². The number of likely N-dealkylation sites (N-methyl/N-ethyl adjacent to an activating group) is 1. The third-order valence-corrected chi connectivity index (χ3v) is 3.46. The third-order valence-electron chi connectivity index (χ3n) is 2.87. The normalized spacial score (nSPS) is 19.6. The first-order valence-corrected chi connectivity index (χ1v) is 6.51. The largest absolute Gasteiger partial charge is 0.376 e. The van der Waals surface area contributed by atoms with Crippen LogP contribution in [-0.2, 0) is 10.6 Å². The van der Waals surface area contributed by atoms with E-state index in [2.05, 4.69) is 9.97 Å². The van der Waals surface area contributed by atoms with Crippen LogP contribution in [0.1, 0.15) is 18.4 Å². The standard InChI is InChI=1S/C11H15Cl2N3O/c1-16(6-8-3-2-4-17-8)11-9(5-12)10(13)14-7-15-11/h7-8H,2-6H2,1H3. The molecule has 2 heterocycles. The average molecular weight is 276 g/mol. The van der Waals surface area contributed by atoms with E-state index in [1.54, 1.807) is 0 Å². The van der Waals surface area contributed by atoms with Crippen LogP contribution in [0.3, 0.4) is 0 Å². The number of alkyl halides is 1. The fourth-order valence-electron chi connectivity index (χ4n) is 2.01. The van der Waals surface area contributed by atoms with Crippen LogP contribution in [0.25, 0.3) is 0 Å². The SMILES string of the molecule is CN(CC1CCCO1)c1ncnc(Cl)c1CCl. The number of anilines is 1. The second-order valence-corrected chi connectivity index (χ2v) is 4.74. The van der Waals surface area contributed by atoms with Gasteiger partial charge in [0.1, 0.15) is 17.3 Å². The Morgan fingerprint density at radius 1 is 1.53 bits per heavy atom. The van der Waals surface area contributed by atoms with Gasteiger partial charge in [-0.05, 0) is 12.8 Å². The van der Waals surface area contributed by atoms with Gasteiger partial charge in [-0.15, -0.1) is 11.6 Å². The highest BCUT2D eigenvalue weighted by Gasteiger charge is 2.20. The van der Waals surface area contributed by atoms with Crippen LogP contribution in [0.2, 0.25) is 5.15 Å². The molecule has 1 aromatic rings. The van der Waals surface area contributed by atoms with Crippen molar-refractivity contribution in [2.45, 2.75) is 24.8 Å². The van der Waals surface area contributed by atoms with Crippen LogP contribution in [0.5, 0.6) is 0 Å². The molecule has 17 heavy (non-hydrogen) atoms. The van der Waals surface area contributed by atoms with Gasteiger partial charge in [0.2, 0.25) is 0 Å². The van der Waals surface area contributed by atoms with Crippen molar-refractivity contribution < 1.29 is 4.74 Å². The van der Waals surface area contributed by atoms with Gasteiger partial charge in [0.25, 0.3) is 0 Å². The Kier molecular flexibility index (Phi) is 4.42. The number of hydrogen-bond acceptors (Lipinski definition) is 4. The highest BCUT2D eigenvalue weighted by Crippen LogP contribution is 2.25. The van der Waals surface area contributed by atoms with Gasteiger partial charge in [0.15, 0.2) is 0 Å².